The number of aliphatic hydroxyl groups excluding tert-OH is 1. The molecule has 1 rings (SSSR count). The van der Waals surface area contributed by atoms with Gasteiger partial charge < -0.3 is 14.6 Å². The van der Waals surface area contributed by atoms with Crippen LogP contribution in [0.4, 0.5) is 0 Å². The summed E-state index contributed by atoms with van der Waals surface area (Å²) in [5.74, 6) is -0.0485. The van der Waals surface area contributed by atoms with Gasteiger partial charge in [-0.25, -0.2) is 4.79 Å². The Kier molecular flexibility index (Phi) is 5.94. The van der Waals surface area contributed by atoms with Crippen LogP contribution in [0.15, 0.2) is 43.0 Å². The van der Waals surface area contributed by atoms with Crippen LogP contribution < -0.4 is 4.74 Å². The minimum Gasteiger partial charge on any atom is -0.493 e. The van der Waals surface area contributed by atoms with Gasteiger partial charge in [0.2, 0.25) is 0 Å². The molecule has 2 unspecified atom stereocenters. The number of para-hydroxylation sites is 1. The highest BCUT2D eigenvalue weighted by Crippen LogP contribution is 2.12. The second-order valence-corrected chi connectivity index (χ2v) is 3.96. The first-order chi connectivity index (χ1) is 8.63. The molecule has 0 amide bonds. The fraction of sp³-hybridized carbons (Fsp3) is 0.357. The molecule has 0 radical (unpaired) electrons. The summed E-state index contributed by atoms with van der Waals surface area (Å²) < 4.78 is 10.4. The van der Waals surface area contributed by atoms with Gasteiger partial charge >= 0.3 is 5.97 Å². The van der Waals surface area contributed by atoms with Crippen LogP contribution in [0.5, 0.6) is 5.75 Å². The zero-order valence-corrected chi connectivity index (χ0v) is 10.4. The monoisotopic (exact) mass is 250 g/mol. The molecule has 0 spiro atoms. The normalized spacial score (nSPS) is 13.4. The molecule has 1 aromatic rings. The molecule has 0 fully saturated rings. The van der Waals surface area contributed by atoms with E-state index in [1.54, 1.807) is 6.92 Å². The lowest BCUT2D eigenvalue weighted by Crippen LogP contribution is -2.29. The van der Waals surface area contributed by atoms with E-state index < -0.39 is 12.1 Å². The molecule has 1 N–H and O–H groups in total. The summed E-state index contributed by atoms with van der Waals surface area (Å²) in [5, 5.41) is 9.58. The van der Waals surface area contributed by atoms with Crippen LogP contribution >= 0.6 is 0 Å². The average Bonchev–Trinajstić information content (AvgIpc) is 2.39. The van der Waals surface area contributed by atoms with Crippen LogP contribution in [0.1, 0.15) is 6.92 Å². The molecule has 0 saturated carbocycles. The predicted molar refractivity (Wildman–Crippen MR) is 68.3 cm³/mol. The Labute approximate surface area is 107 Å². The van der Waals surface area contributed by atoms with Gasteiger partial charge in [-0.05, 0) is 19.1 Å². The Morgan fingerprint density at radius 2 is 2.06 bits per heavy atom. The molecule has 18 heavy (non-hydrogen) atoms. The van der Waals surface area contributed by atoms with Crippen molar-refractivity contribution in [2.24, 2.45) is 5.92 Å². The minimum atomic E-state index is -0.619. The number of ether oxygens (including phenoxy) is 2. The number of hydrogen-bond acceptors (Lipinski definition) is 4. The minimum absolute atomic E-state index is 0.107. The van der Waals surface area contributed by atoms with Crippen LogP contribution in [-0.4, -0.2) is 30.4 Å². The molecule has 0 saturated heterocycles. The van der Waals surface area contributed by atoms with Crippen LogP contribution in [0.3, 0.4) is 0 Å². The molecule has 4 heteroatoms. The molecular formula is C14H18O4. The zero-order chi connectivity index (χ0) is 13.4. The second-order valence-electron chi connectivity index (χ2n) is 3.96. The maximum absolute atomic E-state index is 11.0. The summed E-state index contributed by atoms with van der Waals surface area (Å²) in [7, 11) is 0. The Hall–Kier alpha value is -1.81. The third kappa shape index (κ3) is 5.01. The highest BCUT2D eigenvalue weighted by molar-refractivity contribution is 5.81. The van der Waals surface area contributed by atoms with Gasteiger partial charge in [0.25, 0.3) is 0 Å². The zero-order valence-electron chi connectivity index (χ0n) is 10.4. The molecule has 0 aliphatic heterocycles. The summed E-state index contributed by atoms with van der Waals surface area (Å²) >= 11 is 0. The molecular weight excluding hydrogens is 232 g/mol. The first-order valence-corrected chi connectivity index (χ1v) is 5.78. The first kappa shape index (κ1) is 14.3. The van der Waals surface area contributed by atoms with Crippen molar-refractivity contribution in [3.63, 3.8) is 0 Å². The summed E-state index contributed by atoms with van der Waals surface area (Å²) in [6.45, 7) is 5.34. The van der Waals surface area contributed by atoms with E-state index in [1.807, 2.05) is 30.3 Å². The van der Waals surface area contributed by atoms with Gasteiger partial charge in [-0.1, -0.05) is 24.8 Å². The lowest BCUT2D eigenvalue weighted by molar-refractivity contribution is -0.140. The van der Waals surface area contributed by atoms with Crippen LogP contribution in [-0.2, 0) is 9.53 Å². The lowest BCUT2D eigenvalue weighted by atomic mass is 10.1. The number of carbonyl (C=O) groups is 1. The Morgan fingerprint density at radius 1 is 1.39 bits per heavy atom. The van der Waals surface area contributed by atoms with Gasteiger partial charge in [0.1, 0.15) is 12.4 Å². The van der Waals surface area contributed by atoms with Crippen molar-refractivity contribution in [2.75, 3.05) is 13.2 Å². The Morgan fingerprint density at radius 3 is 2.61 bits per heavy atom. The third-order valence-corrected chi connectivity index (χ3v) is 2.50. The van der Waals surface area contributed by atoms with Gasteiger partial charge in [-0.3, -0.25) is 0 Å². The van der Waals surface area contributed by atoms with Crippen molar-refractivity contribution < 1.29 is 19.4 Å². The standard InChI is InChI=1S/C14H18O4/c1-3-14(16)18-10-12(11(2)15)9-17-13-7-5-4-6-8-13/h3-8,11-12,15H,1,9-10H2,2H3. The van der Waals surface area contributed by atoms with Gasteiger partial charge in [0, 0.05) is 6.08 Å². The summed E-state index contributed by atoms with van der Waals surface area (Å²) in [6, 6.07) is 9.28. The van der Waals surface area contributed by atoms with Crippen LogP contribution in [0.25, 0.3) is 0 Å². The van der Waals surface area contributed by atoms with Crippen LogP contribution in [0, 0.1) is 5.92 Å². The molecule has 0 aliphatic carbocycles. The van der Waals surface area contributed by atoms with E-state index in [2.05, 4.69) is 6.58 Å². The first-order valence-electron chi connectivity index (χ1n) is 5.78. The number of rotatable bonds is 7. The third-order valence-electron chi connectivity index (χ3n) is 2.50. The lowest BCUT2D eigenvalue weighted by Gasteiger charge is -2.19. The summed E-state index contributed by atoms with van der Waals surface area (Å²) in [5.41, 5.74) is 0. The SMILES string of the molecule is C=CC(=O)OCC(COc1ccccc1)C(C)O. The van der Waals surface area contributed by atoms with Crippen LogP contribution in [0.2, 0.25) is 0 Å². The highest BCUT2D eigenvalue weighted by atomic mass is 16.5. The molecule has 4 nitrogen and oxygen atoms in total. The average molecular weight is 250 g/mol. The Balaban J connectivity index is 2.43. The van der Waals surface area contributed by atoms with Crippen molar-refractivity contribution in [2.45, 2.75) is 13.0 Å². The Bertz CT molecular complexity index is 373. The van der Waals surface area contributed by atoms with Gasteiger partial charge in [-0.15, -0.1) is 0 Å². The van der Waals surface area contributed by atoms with Crippen molar-refractivity contribution in [1.29, 1.82) is 0 Å². The maximum atomic E-state index is 11.0. The van der Waals surface area contributed by atoms with Gasteiger partial charge in [0.05, 0.1) is 18.6 Å². The fourth-order valence-electron chi connectivity index (χ4n) is 1.29. The molecule has 0 heterocycles. The van der Waals surface area contributed by atoms with E-state index in [1.165, 1.54) is 0 Å². The summed E-state index contributed by atoms with van der Waals surface area (Å²) in [6.07, 6.45) is 0.475. The summed E-state index contributed by atoms with van der Waals surface area (Å²) in [4.78, 5) is 11.0. The van der Waals surface area contributed by atoms with E-state index in [0.717, 1.165) is 11.8 Å². The van der Waals surface area contributed by atoms with E-state index in [-0.39, 0.29) is 19.1 Å². The second kappa shape index (κ2) is 7.50. The van der Waals surface area contributed by atoms with Crippen molar-refractivity contribution in [3.8, 4) is 5.75 Å². The molecule has 0 bridgehead atoms. The number of hydrogen-bond donors (Lipinski definition) is 1. The van der Waals surface area contributed by atoms with Gasteiger partial charge in [-0.2, -0.15) is 0 Å². The molecule has 1 aromatic carbocycles. The topological polar surface area (TPSA) is 55.8 Å². The molecule has 0 aliphatic rings. The van der Waals surface area contributed by atoms with Crippen molar-refractivity contribution in [3.05, 3.63) is 43.0 Å². The predicted octanol–water partition coefficient (Wildman–Crippen LogP) is 1.79. The largest absolute Gasteiger partial charge is 0.493 e. The van der Waals surface area contributed by atoms with E-state index in [4.69, 9.17) is 9.47 Å². The fourth-order valence-corrected chi connectivity index (χ4v) is 1.29. The maximum Gasteiger partial charge on any atom is 0.330 e. The number of esters is 1. The van der Waals surface area contributed by atoms with E-state index >= 15 is 0 Å². The smallest absolute Gasteiger partial charge is 0.330 e. The van der Waals surface area contributed by atoms with E-state index in [0.29, 0.717) is 0 Å². The van der Waals surface area contributed by atoms with Gasteiger partial charge in [0.15, 0.2) is 0 Å². The van der Waals surface area contributed by atoms with Crippen molar-refractivity contribution in [1.82, 2.24) is 0 Å². The molecule has 98 valence electrons. The quantitative estimate of drug-likeness (QED) is 0.592. The number of benzene rings is 1. The molecule has 0 aromatic heterocycles. The number of aliphatic hydroxyl groups is 1. The highest BCUT2D eigenvalue weighted by Gasteiger charge is 2.17. The molecule has 2 atom stereocenters. The number of carbonyl (C=O) groups excluding carboxylic acids is 1. The van der Waals surface area contributed by atoms with E-state index in [9.17, 15) is 9.90 Å². The van der Waals surface area contributed by atoms with Crippen molar-refractivity contribution >= 4 is 5.97 Å².